The molecular formula is C15H17F3N2O3. The average Bonchev–Trinajstić information content (AvgIpc) is 2.47. The fraction of sp³-hybridized carbons (Fsp3) is 0.467. The number of benzene rings is 1. The minimum absolute atomic E-state index is 0.153. The Morgan fingerprint density at radius 2 is 2.09 bits per heavy atom. The van der Waals surface area contributed by atoms with Crippen molar-refractivity contribution in [3.63, 3.8) is 0 Å². The van der Waals surface area contributed by atoms with E-state index in [2.05, 4.69) is 4.74 Å². The molecule has 0 saturated carbocycles. The van der Waals surface area contributed by atoms with Gasteiger partial charge in [-0.2, -0.15) is 0 Å². The first kappa shape index (κ1) is 17.1. The summed E-state index contributed by atoms with van der Waals surface area (Å²) < 4.78 is 40.8. The Hall–Kier alpha value is -2.25. The van der Waals surface area contributed by atoms with Gasteiger partial charge in [0.1, 0.15) is 18.1 Å². The van der Waals surface area contributed by atoms with Gasteiger partial charge in [-0.05, 0) is 19.1 Å². The van der Waals surface area contributed by atoms with Crippen LogP contribution in [-0.4, -0.2) is 49.1 Å². The second-order valence-electron chi connectivity index (χ2n) is 5.20. The third-order valence-corrected chi connectivity index (χ3v) is 3.65. The molecule has 1 heterocycles. The fourth-order valence-electron chi connectivity index (χ4n) is 2.57. The number of rotatable bonds is 5. The van der Waals surface area contributed by atoms with Gasteiger partial charge >= 0.3 is 6.36 Å². The molecule has 0 spiro atoms. The number of carbonyl (C=O) groups is 2. The average molecular weight is 330 g/mol. The minimum atomic E-state index is -4.76. The molecule has 0 aliphatic carbocycles. The molecule has 0 N–H and O–H groups in total. The lowest BCUT2D eigenvalue weighted by atomic mass is 10.1. The lowest BCUT2D eigenvalue weighted by molar-refractivity contribution is -0.274. The highest BCUT2D eigenvalue weighted by Gasteiger charge is 2.33. The highest BCUT2D eigenvalue weighted by molar-refractivity contribution is 5.86. The van der Waals surface area contributed by atoms with E-state index in [0.29, 0.717) is 25.3 Å². The van der Waals surface area contributed by atoms with E-state index in [1.54, 1.807) is 22.8 Å². The van der Waals surface area contributed by atoms with E-state index < -0.39 is 12.4 Å². The van der Waals surface area contributed by atoms with Crippen molar-refractivity contribution in [2.75, 3.05) is 24.5 Å². The maximum atomic E-state index is 12.3. The second-order valence-corrected chi connectivity index (χ2v) is 5.20. The number of hydrogen-bond acceptors (Lipinski definition) is 4. The van der Waals surface area contributed by atoms with Crippen molar-refractivity contribution in [2.24, 2.45) is 0 Å². The van der Waals surface area contributed by atoms with Crippen molar-refractivity contribution >= 4 is 17.9 Å². The van der Waals surface area contributed by atoms with Crippen LogP contribution < -0.4 is 9.64 Å². The molecule has 2 rings (SSSR count). The van der Waals surface area contributed by atoms with E-state index >= 15 is 0 Å². The summed E-state index contributed by atoms with van der Waals surface area (Å²) in [4.78, 5) is 26.0. The monoisotopic (exact) mass is 330 g/mol. The standard InChI is InChI=1S/C15H17F3N2O3/c1-11-14(22)19(6-3-9-21)7-8-20(11)12-4-2-5-13(10-12)23-15(16,17)18/h2,4-5,9-11H,3,6-8H2,1H3. The zero-order chi connectivity index (χ0) is 17.0. The number of ether oxygens (including phenoxy) is 1. The van der Waals surface area contributed by atoms with Crippen LogP contribution in [0.1, 0.15) is 13.3 Å². The highest BCUT2D eigenvalue weighted by Crippen LogP contribution is 2.28. The van der Waals surface area contributed by atoms with E-state index in [-0.39, 0.29) is 18.1 Å². The van der Waals surface area contributed by atoms with Crippen LogP contribution in [0.15, 0.2) is 24.3 Å². The van der Waals surface area contributed by atoms with Crippen molar-refractivity contribution < 1.29 is 27.5 Å². The van der Waals surface area contributed by atoms with Crippen molar-refractivity contribution in [1.29, 1.82) is 0 Å². The second kappa shape index (κ2) is 6.89. The largest absolute Gasteiger partial charge is 0.573 e. The molecule has 1 amide bonds. The van der Waals surface area contributed by atoms with Gasteiger partial charge < -0.3 is 19.3 Å². The molecule has 1 aliphatic rings. The van der Waals surface area contributed by atoms with Gasteiger partial charge in [0.2, 0.25) is 5.91 Å². The molecule has 1 aromatic rings. The summed E-state index contributed by atoms with van der Waals surface area (Å²) in [5.41, 5.74) is 0.489. The van der Waals surface area contributed by atoms with Crippen LogP contribution in [0.5, 0.6) is 5.75 Å². The van der Waals surface area contributed by atoms with E-state index in [1.165, 1.54) is 18.2 Å². The topological polar surface area (TPSA) is 49.9 Å². The smallest absolute Gasteiger partial charge is 0.406 e. The maximum absolute atomic E-state index is 12.3. The number of piperazine rings is 1. The first-order valence-corrected chi connectivity index (χ1v) is 7.16. The Balaban J connectivity index is 2.12. The molecule has 1 atom stereocenters. The summed E-state index contributed by atoms with van der Waals surface area (Å²) in [6.45, 7) is 2.94. The number of halogens is 3. The predicted octanol–water partition coefficient (Wildman–Crippen LogP) is 2.21. The van der Waals surface area contributed by atoms with Gasteiger partial charge in [0.25, 0.3) is 0 Å². The van der Waals surface area contributed by atoms with E-state index in [4.69, 9.17) is 0 Å². The van der Waals surface area contributed by atoms with Crippen LogP contribution in [0.25, 0.3) is 0 Å². The Morgan fingerprint density at radius 3 is 2.74 bits per heavy atom. The van der Waals surface area contributed by atoms with E-state index in [1.807, 2.05) is 0 Å². The third kappa shape index (κ3) is 4.37. The van der Waals surface area contributed by atoms with Crippen molar-refractivity contribution in [1.82, 2.24) is 4.90 Å². The number of aldehydes is 1. The molecule has 1 saturated heterocycles. The van der Waals surface area contributed by atoms with E-state index in [0.717, 1.165) is 6.29 Å². The van der Waals surface area contributed by atoms with Crippen molar-refractivity contribution in [3.05, 3.63) is 24.3 Å². The van der Waals surface area contributed by atoms with Gasteiger partial charge in [-0.3, -0.25) is 4.79 Å². The molecular weight excluding hydrogens is 313 g/mol. The molecule has 126 valence electrons. The molecule has 5 nitrogen and oxygen atoms in total. The van der Waals surface area contributed by atoms with Crippen LogP contribution >= 0.6 is 0 Å². The third-order valence-electron chi connectivity index (χ3n) is 3.65. The molecule has 23 heavy (non-hydrogen) atoms. The lowest BCUT2D eigenvalue weighted by Gasteiger charge is -2.40. The Labute approximate surface area is 131 Å². The Morgan fingerprint density at radius 1 is 1.35 bits per heavy atom. The van der Waals surface area contributed by atoms with Gasteiger partial charge in [-0.15, -0.1) is 13.2 Å². The first-order chi connectivity index (χ1) is 10.8. The summed E-state index contributed by atoms with van der Waals surface area (Å²) in [6, 6.07) is 5.04. The van der Waals surface area contributed by atoms with Crippen LogP contribution in [-0.2, 0) is 9.59 Å². The minimum Gasteiger partial charge on any atom is -0.406 e. The number of nitrogens with zero attached hydrogens (tertiary/aromatic N) is 2. The summed E-state index contributed by atoms with van der Waals surface area (Å²) in [7, 11) is 0. The SMILES string of the molecule is CC1C(=O)N(CCC=O)CCN1c1cccc(OC(F)(F)F)c1. The molecule has 1 fully saturated rings. The lowest BCUT2D eigenvalue weighted by Crippen LogP contribution is -2.56. The fourth-order valence-corrected chi connectivity index (χ4v) is 2.57. The maximum Gasteiger partial charge on any atom is 0.573 e. The van der Waals surface area contributed by atoms with Gasteiger partial charge in [0.15, 0.2) is 0 Å². The van der Waals surface area contributed by atoms with Gasteiger partial charge in [0.05, 0.1) is 0 Å². The molecule has 0 aromatic heterocycles. The Kier molecular flexibility index (Phi) is 5.12. The number of amides is 1. The molecule has 1 unspecified atom stereocenters. The van der Waals surface area contributed by atoms with Crippen molar-refractivity contribution in [2.45, 2.75) is 25.7 Å². The Bertz CT molecular complexity index is 577. The molecule has 8 heteroatoms. The number of anilines is 1. The predicted molar refractivity (Wildman–Crippen MR) is 77.2 cm³/mol. The van der Waals surface area contributed by atoms with Gasteiger partial charge in [-0.25, -0.2) is 0 Å². The highest BCUT2D eigenvalue weighted by atomic mass is 19.4. The number of hydrogen-bond donors (Lipinski definition) is 0. The quantitative estimate of drug-likeness (QED) is 0.777. The first-order valence-electron chi connectivity index (χ1n) is 7.16. The summed E-state index contributed by atoms with van der Waals surface area (Å²) in [5, 5.41) is 0. The summed E-state index contributed by atoms with van der Waals surface area (Å²) in [5.74, 6) is -0.474. The summed E-state index contributed by atoms with van der Waals surface area (Å²) in [6.07, 6.45) is -3.73. The zero-order valence-corrected chi connectivity index (χ0v) is 12.5. The van der Waals surface area contributed by atoms with Crippen LogP contribution in [0.2, 0.25) is 0 Å². The summed E-state index contributed by atoms with van der Waals surface area (Å²) >= 11 is 0. The normalized spacial score (nSPS) is 19.0. The molecule has 1 aliphatic heterocycles. The van der Waals surface area contributed by atoms with Crippen LogP contribution in [0, 0.1) is 0 Å². The van der Waals surface area contributed by atoms with Crippen LogP contribution in [0.4, 0.5) is 18.9 Å². The van der Waals surface area contributed by atoms with Gasteiger partial charge in [-0.1, -0.05) is 6.07 Å². The van der Waals surface area contributed by atoms with Crippen LogP contribution in [0.3, 0.4) is 0 Å². The van der Waals surface area contributed by atoms with Crippen molar-refractivity contribution in [3.8, 4) is 5.75 Å². The molecule has 0 bridgehead atoms. The molecule has 1 aromatic carbocycles. The van der Waals surface area contributed by atoms with E-state index in [9.17, 15) is 22.8 Å². The number of carbonyl (C=O) groups excluding carboxylic acids is 2. The zero-order valence-electron chi connectivity index (χ0n) is 12.5. The number of alkyl halides is 3. The van der Waals surface area contributed by atoms with Gasteiger partial charge in [0, 0.05) is 37.8 Å². The molecule has 0 radical (unpaired) electrons.